The van der Waals surface area contributed by atoms with E-state index in [4.69, 9.17) is 6.42 Å². The van der Waals surface area contributed by atoms with Crippen molar-refractivity contribution < 1.29 is 15.3 Å². The van der Waals surface area contributed by atoms with Gasteiger partial charge in [0.05, 0.1) is 12.2 Å². The van der Waals surface area contributed by atoms with Crippen LogP contribution in [-0.2, 0) is 0 Å². The quantitative estimate of drug-likeness (QED) is 0.598. The fourth-order valence-electron chi connectivity index (χ4n) is 7.46. The van der Waals surface area contributed by atoms with Gasteiger partial charge >= 0.3 is 0 Å². The molecule has 4 aliphatic rings. The van der Waals surface area contributed by atoms with Gasteiger partial charge in [-0.1, -0.05) is 19.8 Å². The molecule has 4 aliphatic carbocycles. The van der Waals surface area contributed by atoms with Crippen molar-refractivity contribution in [3.05, 3.63) is 0 Å². The molecule has 3 N–H and O–H groups in total. The summed E-state index contributed by atoms with van der Waals surface area (Å²) in [6.45, 7) is 4.56. The number of rotatable bonds is 0. The highest BCUT2D eigenvalue weighted by Crippen LogP contribution is 2.68. The third-order valence-corrected chi connectivity index (χ3v) is 9.05. The number of fused-ring (bicyclic) bond motifs is 5. The molecule has 0 aromatic carbocycles. The predicted molar refractivity (Wildman–Crippen MR) is 92.9 cm³/mol. The summed E-state index contributed by atoms with van der Waals surface area (Å²) in [4.78, 5) is 0. The Morgan fingerprint density at radius 1 is 0.958 bits per heavy atom. The van der Waals surface area contributed by atoms with E-state index in [1.165, 1.54) is 0 Å². The Hall–Kier alpha value is -0.560. The van der Waals surface area contributed by atoms with Crippen molar-refractivity contribution in [3.63, 3.8) is 0 Å². The summed E-state index contributed by atoms with van der Waals surface area (Å²) in [5, 5.41) is 32.1. The Kier molecular flexibility index (Phi) is 3.67. The van der Waals surface area contributed by atoms with Gasteiger partial charge in [0.25, 0.3) is 0 Å². The largest absolute Gasteiger partial charge is 0.393 e. The van der Waals surface area contributed by atoms with Gasteiger partial charge in [-0.3, -0.25) is 0 Å². The topological polar surface area (TPSA) is 60.7 Å². The molecular weight excluding hydrogens is 300 g/mol. The molecule has 0 aromatic heterocycles. The zero-order chi connectivity index (χ0) is 17.3. The van der Waals surface area contributed by atoms with E-state index in [1.807, 2.05) is 0 Å². The number of aliphatic hydroxyl groups excluding tert-OH is 2. The second kappa shape index (κ2) is 5.22. The number of hydrogen-bond donors (Lipinski definition) is 3. The second-order valence-corrected chi connectivity index (χ2v) is 9.72. The molecule has 0 spiro atoms. The highest BCUT2D eigenvalue weighted by molar-refractivity contribution is 5.24. The standard InChI is InChI=1S/C21H32O3/c1-4-21(24)10-7-16-18-15(6-9-20(16,21)3)19(2)8-5-14(22)11-13(19)12-17(18)23/h1,13-18,22-24H,5-12H2,2-3H3/t13-,14+,15-,16-,17-,18+,19-,20-,21-/m0/s1. The van der Waals surface area contributed by atoms with Crippen molar-refractivity contribution in [1.29, 1.82) is 0 Å². The fraction of sp³-hybridized carbons (Fsp3) is 0.905. The van der Waals surface area contributed by atoms with Gasteiger partial charge in [-0.25, -0.2) is 0 Å². The molecule has 0 saturated heterocycles. The summed E-state index contributed by atoms with van der Waals surface area (Å²) in [5.74, 6) is 4.19. The third kappa shape index (κ3) is 1.97. The normalized spacial score (nSPS) is 59.8. The lowest BCUT2D eigenvalue weighted by atomic mass is 9.43. The summed E-state index contributed by atoms with van der Waals surface area (Å²) in [6.07, 6.45) is 12.4. The Morgan fingerprint density at radius 2 is 1.67 bits per heavy atom. The van der Waals surface area contributed by atoms with Gasteiger partial charge in [0.1, 0.15) is 5.60 Å². The van der Waals surface area contributed by atoms with Crippen LogP contribution in [0.3, 0.4) is 0 Å². The molecule has 4 rings (SSSR count). The third-order valence-electron chi connectivity index (χ3n) is 9.05. The van der Waals surface area contributed by atoms with Crippen LogP contribution in [0.2, 0.25) is 0 Å². The molecule has 3 nitrogen and oxygen atoms in total. The molecule has 0 radical (unpaired) electrons. The molecule has 0 aliphatic heterocycles. The number of hydrogen-bond acceptors (Lipinski definition) is 3. The van der Waals surface area contributed by atoms with Crippen molar-refractivity contribution >= 4 is 0 Å². The van der Waals surface area contributed by atoms with Gasteiger partial charge in [-0.2, -0.15) is 0 Å². The van der Waals surface area contributed by atoms with Gasteiger partial charge in [0.15, 0.2) is 0 Å². The van der Waals surface area contributed by atoms with Crippen molar-refractivity contribution in [2.75, 3.05) is 0 Å². The van der Waals surface area contributed by atoms with Crippen LogP contribution in [0.4, 0.5) is 0 Å². The van der Waals surface area contributed by atoms with Crippen molar-refractivity contribution in [3.8, 4) is 12.3 Å². The van der Waals surface area contributed by atoms with Crippen LogP contribution in [-0.4, -0.2) is 33.1 Å². The number of terminal acetylenes is 1. The molecule has 0 bridgehead atoms. The van der Waals surface area contributed by atoms with Gasteiger partial charge in [-0.05, 0) is 80.5 Å². The van der Waals surface area contributed by atoms with E-state index >= 15 is 0 Å². The predicted octanol–water partition coefficient (Wildman–Crippen LogP) is 2.73. The Labute approximate surface area is 145 Å². The smallest absolute Gasteiger partial charge is 0.130 e. The highest BCUT2D eigenvalue weighted by atomic mass is 16.3. The van der Waals surface area contributed by atoms with Crippen molar-refractivity contribution in [1.82, 2.24) is 0 Å². The van der Waals surface area contributed by atoms with Crippen molar-refractivity contribution in [2.24, 2.45) is 34.5 Å². The zero-order valence-electron chi connectivity index (χ0n) is 15.0. The molecule has 0 aromatic rings. The van der Waals surface area contributed by atoms with E-state index in [-0.39, 0.29) is 29.0 Å². The SMILES string of the molecule is C#C[C@]1(O)CC[C@H]2[C@@H]3[C@@H](O)C[C@@H]4C[C@H](O)CC[C@]4(C)[C@H]3CC[C@@]21C. The first-order chi connectivity index (χ1) is 11.2. The molecule has 9 atom stereocenters. The Bertz CT molecular complexity index is 568. The van der Waals surface area contributed by atoms with Gasteiger partial charge in [0.2, 0.25) is 0 Å². The Balaban J connectivity index is 1.69. The molecular formula is C21H32O3. The first kappa shape index (κ1) is 16.9. The summed E-state index contributed by atoms with van der Waals surface area (Å²) in [5.41, 5.74) is -1.05. The minimum Gasteiger partial charge on any atom is -0.393 e. The molecule has 134 valence electrons. The van der Waals surface area contributed by atoms with Crippen LogP contribution < -0.4 is 0 Å². The van der Waals surface area contributed by atoms with Crippen LogP contribution >= 0.6 is 0 Å². The van der Waals surface area contributed by atoms with E-state index < -0.39 is 5.60 Å². The van der Waals surface area contributed by atoms with E-state index in [0.29, 0.717) is 24.2 Å². The fourth-order valence-corrected chi connectivity index (χ4v) is 7.46. The maximum absolute atomic E-state index is 11.0. The molecule has 0 heterocycles. The van der Waals surface area contributed by atoms with Crippen LogP contribution in [0.1, 0.15) is 65.2 Å². The van der Waals surface area contributed by atoms with Crippen LogP contribution in [0.5, 0.6) is 0 Å². The second-order valence-electron chi connectivity index (χ2n) is 9.72. The minimum absolute atomic E-state index is 0.196. The lowest BCUT2D eigenvalue weighted by Crippen LogP contribution is -2.60. The van der Waals surface area contributed by atoms with Crippen LogP contribution in [0, 0.1) is 46.8 Å². The van der Waals surface area contributed by atoms with Gasteiger partial charge in [0, 0.05) is 5.41 Å². The van der Waals surface area contributed by atoms with E-state index in [0.717, 1.165) is 44.9 Å². The van der Waals surface area contributed by atoms with E-state index in [2.05, 4.69) is 19.8 Å². The molecule has 4 fully saturated rings. The van der Waals surface area contributed by atoms with Gasteiger partial charge < -0.3 is 15.3 Å². The molecule has 4 saturated carbocycles. The maximum Gasteiger partial charge on any atom is 0.130 e. The first-order valence-electron chi connectivity index (χ1n) is 9.81. The molecule has 24 heavy (non-hydrogen) atoms. The highest BCUT2D eigenvalue weighted by Gasteiger charge is 2.66. The van der Waals surface area contributed by atoms with Gasteiger partial charge in [-0.15, -0.1) is 6.42 Å². The summed E-state index contributed by atoms with van der Waals surface area (Å²) in [6, 6.07) is 0. The molecule has 3 heteroatoms. The van der Waals surface area contributed by atoms with E-state index in [1.54, 1.807) is 0 Å². The number of aliphatic hydroxyl groups is 3. The maximum atomic E-state index is 11.0. The molecule has 0 amide bonds. The lowest BCUT2D eigenvalue weighted by molar-refractivity contribution is -0.183. The van der Waals surface area contributed by atoms with E-state index in [9.17, 15) is 15.3 Å². The molecule has 0 unspecified atom stereocenters. The first-order valence-corrected chi connectivity index (χ1v) is 9.81. The van der Waals surface area contributed by atoms with Crippen LogP contribution in [0.15, 0.2) is 0 Å². The average Bonchev–Trinajstić information content (AvgIpc) is 2.82. The van der Waals surface area contributed by atoms with Crippen LogP contribution in [0.25, 0.3) is 0 Å². The average molecular weight is 332 g/mol. The minimum atomic E-state index is -1.01. The summed E-state index contributed by atoms with van der Waals surface area (Å²) in [7, 11) is 0. The van der Waals surface area contributed by atoms with Crippen molar-refractivity contribution in [2.45, 2.75) is 83.0 Å². The summed E-state index contributed by atoms with van der Waals surface area (Å²) < 4.78 is 0. The Morgan fingerprint density at radius 3 is 2.38 bits per heavy atom. The summed E-state index contributed by atoms with van der Waals surface area (Å²) >= 11 is 0. The lowest BCUT2D eigenvalue weighted by Gasteiger charge is -2.62. The monoisotopic (exact) mass is 332 g/mol. The zero-order valence-corrected chi connectivity index (χ0v) is 15.0.